The van der Waals surface area contributed by atoms with Crippen LogP contribution in [0.5, 0.6) is 0 Å². The summed E-state index contributed by atoms with van der Waals surface area (Å²) in [6.07, 6.45) is 5.32. The third-order valence-electron chi connectivity index (χ3n) is 4.74. The first-order chi connectivity index (χ1) is 11.3. The van der Waals surface area contributed by atoms with Crippen LogP contribution in [0.25, 0.3) is 0 Å². The molecule has 0 aromatic heterocycles. The lowest BCUT2D eigenvalue weighted by Crippen LogP contribution is -2.39. The van der Waals surface area contributed by atoms with Crippen LogP contribution in [0.4, 0.5) is 5.69 Å². The quantitative estimate of drug-likeness (QED) is 0.625. The summed E-state index contributed by atoms with van der Waals surface area (Å²) in [6.45, 7) is 8.57. The largest absolute Gasteiger partial charge is 0.372 e. The number of nitrogens with zero attached hydrogens (tertiary/aromatic N) is 2. The van der Waals surface area contributed by atoms with Crippen molar-refractivity contribution in [2.75, 3.05) is 31.1 Å². The van der Waals surface area contributed by atoms with Crippen LogP contribution < -0.4 is 15.5 Å². The van der Waals surface area contributed by atoms with Crippen molar-refractivity contribution >= 4 is 11.6 Å². The average molecular weight is 314 g/mol. The van der Waals surface area contributed by atoms with Gasteiger partial charge in [-0.3, -0.25) is 4.99 Å². The smallest absolute Gasteiger partial charge is 0.191 e. The minimum Gasteiger partial charge on any atom is -0.372 e. The second kappa shape index (κ2) is 7.71. The molecule has 1 aliphatic carbocycles. The minimum absolute atomic E-state index is 0.259. The van der Waals surface area contributed by atoms with Crippen molar-refractivity contribution in [2.24, 2.45) is 10.9 Å². The normalized spacial score (nSPS) is 19.7. The van der Waals surface area contributed by atoms with Crippen LogP contribution in [0.2, 0.25) is 0 Å². The van der Waals surface area contributed by atoms with E-state index in [0.717, 1.165) is 25.0 Å². The molecular formula is C19H30N4. The second-order valence-electron chi connectivity index (χ2n) is 6.82. The number of hydrogen-bond acceptors (Lipinski definition) is 2. The van der Waals surface area contributed by atoms with Crippen molar-refractivity contribution in [1.29, 1.82) is 0 Å². The molecule has 3 rings (SSSR count). The fourth-order valence-electron chi connectivity index (χ4n) is 3.10. The maximum Gasteiger partial charge on any atom is 0.191 e. The Labute approximate surface area is 140 Å². The van der Waals surface area contributed by atoms with Crippen molar-refractivity contribution in [3.05, 3.63) is 29.8 Å². The Kier molecular flexibility index (Phi) is 5.42. The fourth-order valence-corrected chi connectivity index (χ4v) is 3.10. The summed E-state index contributed by atoms with van der Waals surface area (Å²) in [4.78, 5) is 7.21. The predicted molar refractivity (Wildman–Crippen MR) is 98.1 cm³/mol. The molecule has 1 aromatic rings. The molecule has 2 N–H and O–H groups in total. The van der Waals surface area contributed by atoms with E-state index in [4.69, 9.17) is 4.99 Å². The van der Waals surface area contributed by atoms with E-state index in [1.165, 1.54) is 50.0 Å². The van der Waals surface area contributed by atoms with Gasteiger partial charge in [-0.25, -0.2) is 0 Å². The van der Waals surface area contributed by atoms with E-state index in [1.54, 1.807) is 0 Å². The van der Waals surface area contributed by atoms with Crippen LogP contribution in [0, 0.1) is 5.92 Å². The molecule has 1 unspecified atom stereocenters. The van der Waals surface area contributed by atoms with Gasteiger partial charge < -0.3 is 15.5 Å². The standard InChI is InChI=1S/C19H30N4/c1-3-20-19(21-14-16-9-10-16)22-15(2)17-7-6-8-18(13-17)23-11-4-5-12-23/h6-8,13,15-16H,3-5,9-12,14H2,1-2H3,(H2,20,21,22). The lowest BCUT2D eigenvalue weighted by molar-refractivity contribution is 0.682. The van der Waals surface area contributed by atoms with Crippen LogP contribution in [0.1, 0.15) is 51.1 Å². The Morgan fingerprint density at radius 2 is 2.09 bits per heavy atom. The highest BCUT2D eigenvalue weighted by Crippen LogP contribution is 2.29. The third-order valence-corrected chi connectivity index (χ3v) is 4.74. The van der Waals surface area contributed by atoms with E-state index in [1.807, 2.05) is 0 Å². The van der Waals surface area contributed by atoms with E-state index in [2.05, 4.69) is 53.6 Å². The summed E-state index contributed by atoms with van der Waals surface area (Å²) in [7, 11) is 0. The summed E-state index contributed by atoms with van der Waals surface area (Å²) in [5, 5.41) is 6.92. The van der Waals surface area contributed by atoms with Crippen LogP contribution >= 0.6 is 0 Å². The van der Waals surface area contributed by atoms with E-state index in [-0.39, 0.29) is 6.04 Å². The molecule has 4 heteroatoms. The summed E-state index contributed by atoms with van der Waals surface area (Å²) in [5.41, 5.74) is 2.68. The first-order valence-electron chi connectivity index (χ1n) is 9.16. The molecule has 0 bridgehead atoms. The number of rotatable bonds is 6. The van der Waals surface area contributed by atoms with Crippen molar-refractivity contribution in [1.82, 2.24) is 10.6 Å². The number of nitrogens with one attached hydrogen (secondary N) is 2. The number of anilines is 1. The summed E-state index contributed by atoms with van der Waals surface area (Å²) in [5.74, 6) is 1.76. The summed E-state index contributed by atoms with van der Waals surface area (Å²) in [6, 6.07) is 9.20. The fraction of sp³-hybridized carbons (Fsp3) is 0.632. The lowest BCUT2D eigenvalue weighted by atomic mass is 10.1. The first-order valence-corrected chi connectivity index (χ1v) is 9.16. The summed E-state index contributed by atoms with van der Waals surface area (Å²) < 4.78 is 0. The number of benzene rings is 1. The number of hydrogen-bond donors (Lipinski definition) is 2. The molecule has 1 atom stereocenters. The average Bonchev–Trinajstić information content (AvgIpc) is 3.24. The molecule has 126 valence electrons. The Bertz CT molecular complexity index is 530. The van der Waals surface area contributed by atoms with Gasteiger partial charge in [0.15, 0.2) is 5.96 Å². The van der Waals surface area contributed by atoms with Gasteiger partial charge in [0.25, 0.3) is 0 Å². The van der Waals surface area contributed by atoms with Crippen molar-refractivity contribution in [3.8, 4) is 0 Å². The third kappa shape index (κ3) is 4.63. The molecule has 4 nitrogen and oxygen atoms in total. The molecule has 0 amide bonds. The van der Waals surface area contributed by atoms with Crippen molar-refractivity contribution < 1.29 is 0 Å². The van der Waals surface area contributed by atoms with E-state index >= 15 is 0 Å². The van der Waals surface area contributed by atoms with E-state index in [0.29, 0.717) is 0 Å². The Hall–Kier alpha value is -1.71. The molecule has 1 saturated heterocycles. The van der Waals surface area contributed by atoms with Gasteiger partial charge >= 0.3 is 0 Å². The number of guanidine groups is 1. The molecular weight excluding hydrogens is 284 g/mol. The molecule has 1 heterocycles. The highest BCUT2D eigenvalue weighted by molar-refractivity contribution is 5.80. The molecule has 0 radical (unpaired) electrons. The van der Waals surface area contributed by atoms with Gasteiger partial charge in [-0.05, 0) is 63.1 Å². The lowest BCUT2D eigenvalue weighted by Gasteiger charge is -2.22. The van der Waals surface area contributed by atoms with Gasteiger partial charge in [0.1, 0.15) is 0 Å². The topological polar surface area (TPSA) is 39.7 Å². The zero-order valence-electron chi connectivity index (χ0n) is 14.5. The second-order valence-corrected chi connectivity index (χ2v) is 6.82. The maximum atomic E-state index is 4.72. The zero-order valence-corrected chi connectivity index (χ0v) is 14.5. The monoisotopic (exact) mass is 314 g/mol. The van der Waals surface area contributed by atoms with Crippen LogP contribution in [-0.4, -0.2) is 32.1 Å². The zero-order chi connectivity index (χ0) is 16.1. The highest BCUT2D eigenvalue weighted by Gasteiger charge is 2.21. The molecule has 1 aliphatic heterocycles. The van der Waals surface area contributed by atoms with Gasteiger partial charge in [0.05, 0.1) is 6.04 Å². The van der Waals surface area contributed by atoms with Crippen LogP contribution in [0.15, 0.2) is 29.3 Å². The van der Waals surface area contributed by atoms with E-state index < -0.39 is 0 Å². The predicted octanol–water partition coefficient (Wildman–Crippen LogP) is 3.31. The Morgan fingerprint density at radius 3 is 2.78 bits per heavy atom. The summed E-state index contributed by atoms with van der Waals surface area (Å²) >= 11 is 0. The van der Waals surface area contributed by atoms with Crippen LogP contribution in [-0.2, 0) is 0 Å². The highest BCUT2D eigenvalue weighted by atomic mass is 15.2. The van der Waals surface area contributed by atoms with Crippen molar-refractivity contribution in [3.63, 3.8) is 0 Å². The van der Waals surface area contributed by atoms with Gasteiger partial charge in [-0.15, -0.1) is 0 Å². The molecule has 23 heavy (non-hydrogen) atoms. The van der Waals surface area contributed by atoms with Gasteiger partial charge in [0.2, 0.25) is 0 Å². The molecule has 1 saturated carbocycles. The molecule has 0 spiro atoms. The Morgan fingerprint density at radius 1 is 1.30 bits per heavy atom. The maximum absolute atomic E-state index is 4.72. The molecule has 2 fully saturated rings. The van der Waals surface area contributed by atoms with Crippen LogP contribution in [0.3, 0.4) is 0 Å². The Balaban J connectivity index is 1.64. The van der Waals surface area contributed by atoms with E-state index in [9.17, 15) is 0 Å². The SMILES string of the molecule is CCNC(=NCC1CC1)NC(C)c1cccc(N2CCCC2)c1. The minimum atomic E-state index is 0.259. The first kappa shape index (κ1) is 16.2. The van der Waals surface area contributed by atoms with Crippen molar-refractivity contribution in [2.45, 2.75) is 45.6 Å². The van der Waals surface area contributed by atoms with Gasteiger partial charge in [-0.2, -0.15) is 0 Å². The molecule has 2 aliphatic rings. The molecule has 1 aromatic carbocycles. The number of aliphatic imine (C=N–C) groups is 1. The van der Waals surface area contributed by atoms with Gasteiger partial charge in [0, 0.05) is 31.9 Å². The van der Waals surface area contributed by atoms with Gasteiger partial charge in [-0.1, -0.05) is 12.1 Å².